The van der Waals surface area contributed by atoms with Gasteiger partial charge in [0, 0.05) is 55.6 Å². The first-order valence-electron chi connectivity index (χ1n) is 13.1. The van der Waals surface area contributed by atoms with Crippen LogP contribution in [0.1, 0.15) is 51.3 Å². The van der Waals surface area contributed by atoms with Crippen LogP contribution in [-0.4, -0.2) is 56.8 Å². The highest BCUT2D eigenvalue weighted by Crippen LogP contribution is 2.30. The van der Waals surface area contributed by atoms with E-state index in [1.165, 1.54) is 5.56 Å². The fraction of sp³-hybridized carbons (Fsp3) is 0.400. The fourth-order valence-corrected chi connectivity index (χ4v) is 5.16. The van der Waals surface area contributed by atoms with Crippen LogP contribution in [0.15, 0.2) is 73.1 Å². The van der Waals surface area contributed by atoms with Gasteiger partial charge in [0.1, 0.15) is 6.04 Å². The number of hydrogen-bond donors (Lipinski definition) is 1. The van der Waals surface area contributed by atoms with Crippen molar-refractivity contribution in [1.82, 2.24) is 25.1 Å². The Hall–Kier alpha value is -3.58. The van der Waals surface area contributed by atoms with E-state index in [1.807, 2.05) is 49.1 Å². The summed E-state index contributed by atoms with van der Waals surface area (Å²) in [6, 6.07) is 19.7. The van der Waals surface area contributed by atoms with E-state index in [0.29, 0.717) is 18.9 Å². The number of aromatic nitrogens is 2. The van der Waals surface area contributed by atoms with Crippen molar-refractivity contribution in [3.63, 3.8) is 0 Å². The van der Waals surface area contributed by atoms with Crippen LogP contribution in [0.25, 0.3) is 11.4 Å². The van der Waals surface area contributed by atoms with E-state index in [-0.39, 0.29) is 29.8 Å². The Balaban J connectivity index is 1.50. The number of carbonyl (C=O) groups is 2. The third-order valence-corrected chi connectivity index (χ3v) is 7.02. The number of nitrogens with one attached hydrogen (secondary N) is 1. The van der Waals surface area contributed by atoms with E-state index >= 15 is 0 Å². The van der Waals surface area contributed by atoms with Gasteiger partial charge in [-0.15, -0.1) is 0 Å². The number of amides is 2. The predicted molar refractivity (Wildman–Crippen MR) is 145 cm³/mol. The van der Waals surface area contributed by atoms with Crippen molar-refractivity contribution in [3.05, 3.63) is 84.2 Å². The lowest BCUT2D eigenvalue weighted by molar-refractivity contribution is -0.151. The summed E-state index contributed by atoms with van der Waals surface area (Å²) in [5, 5.41) is 3.10. The smallest absolute Gasteiger partial charge is 0.244 e. The van der Waals surface area contributed by atoms with Gasteiger partial charge in [0.2, 0.25) is 11.8 Å². The minimum Gasteiger partial charge on any atom is -0.350 e. The third-order valence-electron chi connectivity index (χ3n) is 7.02. The second-order valence-corrected chi connectivity index (χ2v) is 10.0. The molecule has 0 radical (unpaired) electrons. The Kier molecular flexibility index (Phi) is 8.66. The molecule has 3 atom stereocenters. The maximum absolute atomic E-state index is 13.6. The molecule has 2 amide bonds. The van der Waals surface area contributed by atoms with Crippen molar-refractivity contribution >= 4 is 11.8 Å². The normalized spacial score (nSPS) is 19.0. The molecule has 1 aliphatic rings. The Morgan fingerprint density at radius 2 is 1.65 bits per heavy atom. The van der Waals surface area contributed by atoms with Crippen molar-refractivity contribution in [2.75, 3.05) is 13.1 Å². The van der Waals surface area contributed by atoms with Crippen LogP contribution < -0.4 is 5.32 Å². The largest absolute Gasteiger partial charge is 0.350 e. The molecule has 4 rings (SSSR count). The van der Waals surface area contributed by atoms with E-state index in [4.69, 9.17) is 0 Å². The van der Waals surface area contributed by atoms with Gasteiger partial charge in [-0.3, -0.25) is 14.5 Å². The van der Waals surface area contributed by atoms with E-state index < -0.39 is 6.04 Å². The maximum Gasteiger partial charge on any atom is 0.244 e. The molecule has 1 saturated heterocycles. The summed E-state index contributed by atoms with van der Waals surface area (Å²) >= 11 is 0. The molecule has 1 aromatic heterocycles. The van der Waals surface area contributed by atoms with E-state index in [9.17, 15) is 9.59 Å². The van der Waals surface area contributed by atoms with Gasteiger partial charge in [-0.2, -0.15) is 0 Å². The molecule has 2 aromatic carbocycles. The summed E-state index contributed by atoms with van der Waals surface area (Å²) in [6.07, 6.45) is 4.37. The second kappa shape index (κ2) is 12.1. The highest BCUT2D eigenvalue weighted by molar-refractivity contribution is 5.89. The average molecular weight is 500 g/mol. The highest BCUT2D eigenvalue weighted by Gasteiger charge is 2.41. The summed E-state index contributed by atoms with van der Waals surface area (Å²) < 4.78 is 0. The summed E-state index contributed by atoms with van der Waals surface area (Å²) in [5.41, 5.74) is 3.14. The predicted octanol–water partition coefficient (Wildman–Crippen LogP) is 4.47. The Morgan fingerprint density at radius 3 is 2.27 bits per heavy atom. The van der Waals surface area contributed by atoms with Gasteiger partial charge in [0.15, 0.2) is 5.82 Å². The summed E-state index contributed by atoms with van der Waals surface area (Å²) in [7, 11) is 0. The van der Waals surface area contributed by atoms with E-state index in [0.717, 1.165) is 24.1 Å². The molecule has 37 heavy (non-hydrogen) atoms. The number of benzene rings is 2. The fourth-order valence-electron chi connectivity index (χ4n) is 5.16. The van der Waals surface area contributed by atoms with Crippen LogP contribution in [-0.2, 0) is 16.1 Å². The van der Waals surface area contributed by atoms with Crippen molar-refractivity contribution in [1.29, 1.82) is 0 Å². The molecule has 1 fully saturated rings. The minimum atomic E-state index is -0.548. The quantitative estimate of drug-likeness (QED) is 0.495. The first kappa shape index (κ1) is 26.5. The molecule has 0 saturated carbocycles. The van der Waals surface area contributed by atoms with E-state index in [2.05, 4.69) is 58.3 Å². The van der Waals surface area contributed by atoms with Gasteiger partial charge in [-0.05, 0) is 30.5 Å². The van der Waals surface area contributed by atoms with Gasteiger partial charge in [-0.1, -0.05) is 75.4 Å². The molecule has 194 valence electrons. The molecule has 1 unspecified atom stereocenters. The summed E-state index contributed by atoms with van der Waals surface area (Å²) in [4.78, 5) is 39.5. The molecule has 0 aliphatic carbocycles. The lowest BCUT2D eigenvalue weighted by Gasteiger charge is -2.48. The highest BCUT2D eigenvalue weighted by atomic mass is 16.2. The van der Waals surface area contributed by atoms with Crippen LogP contribution in [0.4, 0.5) is 0 Å². The van der Waals surface area contributed by atoms with Crippen LogP contribution in [0, 0.1) is 5.92 Å². The zero-order valence-corrected chi connectivity index (χ0v) is 22.2. The monoisotopic (exact) mass is 499 g/mol. The van der Waals surface area contributed by atoms with Crippen molar-refractivity contribution in [2.45, 2.75) is 58.8 Å². The summed E-state index contributed by atoms with van der Waals surface area (Å²) in [5.74, 6) is 0.394. The lowest BCUT2D eigenvalue weighted by atomic mass is 9.96. The third kappa shape index (κ3) is 6.23. The first-order chi connectivity index (χ1) is 17.9. The molecule has 1 N–H and O–H groups in total. The Bertz CT molecular complexity index is 1170. The summed E-state index contributed by atoms with van der Waals surface area (Å²) in [6.45, 7) is 9.65. The van der Waals surface area contributed by atoms with Crippen LogP contribution in [0.5, 0.6) is 0 Å². The van der Waals surface area contributed by atoms with Gasteiger partial charge >= 0.3 is 0 Å². The number of carbonyl (C=O) groups excluding carboxylic acids is 2. The molecule has 0 bridgehead atoms. The Morgan fingerprint density at radius 1 is 0.973 bits per heavy atom. The van der Waals surface area contributed by atoms with Crippen molar-refractivity contribution < 1.29 is 9.59 Å². The molecular weight excluding hydrogens is 462 g/mol. The first-order valence-corrected chi connectivity index (χ1v) is 13.1. The van der Waals surface area contributed by atoms with Gasteiger partial charge in [-0.25, -0.2) is 9.97 Å². The second-order valence-electron chi connectivity index (χ2n) is 10.0. The van der Waals surface area contributed by atoms with Gasteiger partial charge in [0.25, 0.3) is 0 Å². The molecule has 7 heteroatoms. The maximum atomic E-state index is 13.6. The average Bonchev–Trinajstić information content (AvgIpc) is 2.93. The van der Waals surface area contributed by atoms with Crippen LogP contribution >= 0.6 is 0 Å². The Labute approximate surface area is 219 Å². The van der Waals surface area contributed by atoms with Crippen LogP contribution in [0.2, 0.25) is 0 Å². The zero-order valence-electron chi connectivity index (χ0n) is 22.2. The number of rotatable bonds is 8. The minimum absolute atomic E-state index is 0.0206. The van der Waals surface area contributed by atoms with Crippen LogP contribution in [0.3, 0.4) is 0 Å². The lowest BCUT2D eigenvalue weighted by Crippen LogP contribution is -2.65. The zero-order chi connectivity index (χ0) is 26.4. The van der Waals surface area contributed by atoms with Gasteiger partial charge in [0.05, 0.1) is 0 Å². The number of nitrogens with zero attached hydrogens (tertiary/aromatic N) is 4. The molecule has 1 aliphatic heterocycles. The molecular formula is C30H37N5O2. The van der Waals surface area contributed by atoms with Crippen molar-refractivity contribution in [2.24, 2.45) is 5.92 Å². The molecule has 2 heterocycles. The molecule has 3 aromatic rings. The SMILES string of the molecule is CCC(c1ccccc1)N1C[C@@H](C)N(C(=O)C(C)C)[C@@H](C(=O)NCc2ccc(-c3ncccn3)cc2)C1. The van der Waals surface area contributed by atoms with E-state index in [1.54, 1.807) is 18.5 Å². The number of piperazine rings is 1. The molecule has 7 nitrogen and oxygen atoms in total. The van der Waals surface area contributed by atoms with Gasteiger partial charge < -0.3 is 10.2 Å². The standard InChI is InChI=1S/C30H37N5O2/c1-5-26(24-10-7-6-8-11-24)34-19-22(4)35(30(37)21(2)3)27(20-34)29(36)33-18-23-12-14-25(15-13-23)28-31-16-9-17-32-28/h6-17,21-22,26-27H,5,18-20H2,1-4H3,(H,33,36)/t22-,26?,27-/m1/s1. The van der Waals surface area contributed by atoms with Crippen molar-refractivity contribution in [3.8, 4) is 11.4 Å². The topological polar surface area (TPSA) is 78.4 Å². The number of hydrogen-bond acceptors (Lipinski definition) is 5. The molecule has 0 spiro atoms.